The average molecular weight is 207 g/mol. The Kier molecular flexibility index (Phi) is 6.41. The number of ether oxygens (including phenoxy) is 2. The lowest BCUT2D eigenvalue weighted by Gasteiger charge is -2.07. The summed E-state index contributed by atoms with van der Waals surface area (Å²) in [6, 6.07) is 0. The SMILES string of the molecule is CCOC(=O)C/C=C(\OC)C(C)Cl. The summed E-state index contributed by atoms with van der Waals surface area (Å²) in [6.07, 6.45) is 1.84. The van der Waals surface area contributed by atoms with Gasteiger partial charge in [0.05, 0.1) is 25.5 Å². The van der Waals surface area contributed by atoms with Crippen LogP contribution >= 0.6 is 11.6 Å². The van der Waals surface area contributed by atoms with E-state index in [1.165, 1.54) is 7.11 Å². The van der Waals surface area contributed by atoms with Gasteiger partial charge in [-0.2, -0.15) is 0 Å². The number of methoxy groups -OCH3 is 1. The Morgan fingerprint density at radius 1 is 1.62 bits per heavy atom. The molecule has 0 aromatic rings. The molecule has 0 radical (unpaired) electrons. The zero-order valence-electron chi connectivity index (χ0n) is 8.17. The zero-order chi connectivity index (χ0) is 10.3. The highest BCUT2D eigenvalue weighted by atomic mass is 35.5. The van der Waals surface area contributed by atoms with Gasteiger partial charge < -0.3 is 9.47 Å². The van der Waals surface area contributed by atoms with E-state index >= 15 is 0 Å². The second kappa shape index (κ2) is 6.78. The lowest BCUT2D eigenvalue weighted by molar-refractivity contribution is -0.142. The van der Waals surface area contributed by atoms with Crippen molar-refractivity contribution < 1.29 is 14.3 Å². The topological polar surface area (TPSA) is 35.5 Å². The van der Waals surface area contributed by atoms with Gasteiger partial charge in [-0.1, -0.05) is 0 Å². The number of alkyl halides is 1. The van der Waals surface area contributed by atoms with E-state index in [4.69, 9.17) is 21.1 Å². The number of allylic oxidation sites excluding steroid dienone is 1. The van der Waals surface area contributed by atoms with Gasteiger partial charge in [-0.05, 0) is 19.9 Å². The summed E-state index contributed by atoms with van der Waals surface area (Å²) in [5, 5.41) is -0.223. The third kappa shape index (κ3) is 5.53. The van der Waals surface area contributed by atoms with Crippen molar-refractivity contribution in [1.82, 2.24) is 0 Å². The van der Waals surface area contributed by atoms with Crippen LogP contribution in [0.3, 0.4) is 0 Å². The van der Waals surface area contributed by atoms with Gasteiger partial charge in [0.25, 0.3) is 0 Å². The molecule has 0 aliphatic heterocycles. The molecule has 1 atom stereocenters. The predicted molar refractivity (Wildman–Crippen MR) is 51.7 cm³/mol. The Bertz CT molecular complexity index is 187. The summed E-state index contributed by atoms with van der Waals surface area (Å²) < 4.78 is 9.70. The highest BCUT2D eigenvalue weighted by Gasteiger charge is 2.06. The zero-order valence-corrected chi connectivity index (χ0v) is 8.93. The van der Waals surface area contributed by atoms with Crippen LogP contribution in [-0.4, -0.2) is 25.1 Å². The Balaban J connectivity index is 3.99. The Morgan fingerprint density at radius 2 is 2.23 bits per heavy atom. The fraction of sp³-hybridized carbons (Fsp3) is 0.667. The maximum absolute atomic E-state index is 10.9. The van der Waals surface area contributed by atoms with Crippen LogP contribution in [-0.2, 0) is 14.3 Å². The Morgan fingerprint density at radius 3 is 2.62 bits per heavy atom. The quantitative estimate of drug-likeness (QED) is 0.393. The number of carbonyl (C=O) groups is 1. The maximum atomic E-state index is 10.9. The molecule has 0 amide bonds. The molecule has 0 bridgehead atoms. The number of carbonyl (C=O) groups excluding carboxylic acids is 1. The molecular weight excluding hydrogens is 192 g/mol. The van der Waals surface area contributed by atoms with Crippen LogP contribution in [0.15, 0.2) is 11.8 Å². The minimum atomic E-state index is -0.269. The van der Waals surface area contributed by atoms with Crippen LogP contribution in [0.25, 0.3) is 0 Å². The number of hydrogen-bond acceptors (Lipinski definition) is 3. The second-order valence-corrected chi connectivity index (χ2v) is 3.09. The lowest BCUT2D eigenvalue weighted by atomic mass is 10.3. The number of halogens is 1. The number of hydrogen-bond donors (Lipinski definition) is 0. The van der Waals surface area contributed by atoms with Crippen molar-refractivity contribution in [3.05, 3.63) is 11.8 Å². The minimum absolute atomic E-state index is 0.202. The molecule has 0 aromatic heterocycles. The fourth-order valence-electron chi connectivity index (χ4n) is 0.812. The molecule has 4 heteroatoms. The van der Waals surface area contributed by atoms with Crippen molar-refractivity contribution in [2.24, 2.45) is 0 Å². The molecule has 76 valence electrons. The van der Waals surface area contributed by atoms with Crippen LogP contribution in [0.4, 0.5) is 0 Å². The minimum Gasteiger partial charge on any atom is -0.500 e. The van der Waals surface area contributed by atoms with E-state index in [1.54, 1.807) is 19.9 Å². The van der Waals surface area contributed by atoms with Crippen molar-refractivity contribution >= 4 is 17.6 Å². The van der Waals surface area contributed by atoms with Crippen LogP contribution in [0.5, 0.6) is 0 Å². The first-order chi connectivity index (χ1) is 6.11. The molecule has 1 unspecified atom stereocenters. The van der Waals surface area contributed by atoms with E-state index in [0.717, 1.165) is 0 Å². The highest BCUT2D eigenvalue weighted by molar-refractivity contribution is 6.21. The lowest BCUT2D eigenvalue weighted by Crippen LogP contribution is -2.05. The third-order valence-electron chi connectivity index (χ3n) is 1.40. The van der Waals surface area contributed by atoms with Gasteiger partial charge in [0.1, 0.15) is 5.76 Å². The predicted octanol–water partition coefficient (Wildman–Crippen LogP) is 2.10. The molecule has 0 rings (SSSR count). The molecule has 0 aliphatic rings. The summed E-state index contributed by atoms with van der Waals surface area (Å²) in [7, 11) is 1.52. The van der Waals surface area contributed by atoms with Crippen LogP contribution < -0.4 is 0 Å². The van der Waals surface area contributed by atoms with Gasteiger partial charge in [0.2, 0.25) is 0 Å². The van der Waals surface area contributed by atoms with Gasteiger partial charge in [0, 0.05) is 0 Å². The molecular formula is C9H15ClO3. The van der Waals surface area contributed by atoms with Gasteiger partial charge in [0.15, 0.2) is 0 Å². The summed E-state index contributed by atoms with van der Waals surface area (Å²) in [6.45, 7) is 3.94. The third-order valence-corrected chi connectivity index (χ3v) is 1.62. The van der Waals surface area contributed by atoms with E-state index in [1.807, 2.05) is 0 Å². The largest absolute Gasteiger partial charge is 0.500 e. The fourth-order valence-corrected chi connectivity index (χ4v) is 0.990. The molecule has 0 aromatic carbocycles. The van der Waals surface area contributed by atoms with Crippen LogP contribution in [0, 0.1) is 0 Å². The van der Waals surface area contributed by atoms with E-state index < -0.39 is 0 Å². The van der Waals surface area contributed by atoms with Crippen molar-refractivity contribution in [2.75, 3.05) is 13.7 Å². The summed E-state index contributed by atoms with van der Waals surface area (Å²) in [5.41, 5.74) is 0. The molecule has 3 nitrogen and oxygen atoms in total. The molecule has 0 saturated heterocycles. The summed E-state index contributed by atoms with van der Waals surface area (Å²) in [4.78, 5) is 10.9. The molecule has 0 fully saturated rings. The highest BCUT2D eigenvalue weighted by Crippen LogP contribution is 2.10. The first-order valence-corrected chi connectivity index (χ1v) is 4.59. The molecule has 0 saturated carbocycles. The number of esters is 1. The monoisotopic (exact) mass is 206 g/mol. The first-order valence-electron chi connectivity index (χ1n) is 4.15. The average Bonchev–Trinajstić information content (AvgIpc) is 2.05. The molecule has 13 heavy (non-hydrogen) atoms. The molecule has 0 aliphatic carbocycles. The maximum Gasteiger partial charge on any atom is 0.309 e. The molecule has 0 N–H and O–H groups in total. The molecule has 0 heterocycles. The Labute approximate surface area is 83.7 Å². The van der Waals surface area contributed by atoms with E-state index in [0.29, 0.717) is 12.4 Å². The van der Waals surface area contributed by atoms with Crippen LogP contribution in [0.2, 0.25) is 0 Å². The van der Waals surface area contributed by atoms with Crippen molar-refractivity contribution in [3.63, 3.8) is 0 Å². The van der Waals surface area contributed by atoms with E-state index in [-0.39, 0.29) is 17.8 Å². The van der Waals surface area contributed by atoms with E-state index in [2.05, 4.69) is 0 Å². The standard InChI is InChI=1S/C9H15ClO3/c1-4-13-9(11)6-5-8(12-3)7(2)10/h5,7H,4,6H2,1-3H3/b8-5-. The van der Waals surface area contributed by atoms with Gasteiger partial charge in [-0.3, -0.25) is 4.79 Å². The normalized spacial score (nSPS) is 13.7. The van der Waals surface area contributed by atoms with Crippen LogP contribution in [0.1, 0.15) is 20.3 Å². The second-order valence-electron chi connectivity index (χ2n) is 2.44. The van der Waals surface area contributed by atoms with Gasteiger partial charge in [-0.25, -0.2) is 0 Å². The van der Waals surface area contributed by atoms with Crippen molar-refractivity contribution in [3.8, 4) is 0 Å². The van der Waals surface area contributed by atoms with Crippen molar-refractivity contribution in [1.29, 1.82) is 0 Å². The number of rotatable bonds is 5. The van der Waals surface area contributed by atoms with E-state index in [9.17, 15) is 4.79 Å². The summed E-state index contributed by atoms with van der Waals surface area (Å²) in [5.74, 6) is 0.323. The smallest absolute Gasteiger partial charge is 0.309 e. The Hall–Kier alpha value is -0.700. The molecule has 0 spiro atoms. The summed E-state index contributed by atoms with van der Waals surface area (Å²) >= 11 is 5.76. The van der Waals surface area contributed by atoms with Gasteiger partial charge in [-0.15, -0.1) is 11.6 Å². The first kappa shape index (κ1) is 12.3. The van der Waals surface area contributed by atoms with Crippen molar-refractivity contribution in [2.45, 2.75) is 25.6 Å². The van der Waals surface area contributed by atoms with Gasteiger partial charge >= 0.3 is 5.97 Å².